The number of nitrogens with one attached hydrogen (secondary N) is 2. The van der Waals surface area contributed by atoms with Crippen molar-refractivity contribution in [1.29, 1.82) is 0 Å². The summed E-state index contributed by atoms with van der Waals surface area (Å²) in [5.41, 5.74) is 2.64. The van der Waals surface area contributed by atoms with Crippen molar-refractivity contribution in [2.75, 3.05) is 23.4 Å². The molecule has 0 bridgehead atoms. The minimum atomic E-state index is -3.10. The van der Waals surface area contributed by atoms with E-state index in [0.29, 0.717) is 68.8 Å². The highest BCUT2D eigenvalue weighted by Gasteiger charge is 2.19. The monoisotopic (exact) mass is 715 g/mol. The Hall–Kier alpha value is -3.52. The van der Waals surface area contributed by atoms with Gasteiger partial charge in [0.05, 0.1) is 27.5 Å². The van der Waals surface area contributed by atoms with E-state index in [4.69, 9.17) is 9.72 Å². The Morgan fingerprint density at radius 2 is 1.89 bits per heavy atom. The van der Waals surface area contributed by atoms with Crippen molar-refractivity contribution in [2.45, 2.75) is 39.3 Å². The van der Waals surface area contributed by atoms with E-state index in [-0.39, 0.29) is 30.0 Å². The molecule has 236 valence electrons. The van der Waals surface area contributed by atoms with Gasteiger partial charge in [-0.15, -0.1) is 11.3 Å². The molecule has 2 N–H and O–H groups in total. The first-order valence-electron chi connectivity index (χ1n) is 14.4. The van der Waals surface area contributed by atoms with E-state index in [0.717, 1.165) is 5.01 Å². The molecule has 2 aromatic heterocycles. The van der Waals surface area contributed by atoms with Crippen molar-refractivity contribution in [2.24, 2.45) is 0 Å². The number of benzene rings is 3. The van der Waals surface area contributed by atoms with Gasteiger partial charge in [-0.3, -0.25) is 0 Å². The van der Waals surface area contributed by atoms with Gasteiger partial charge in [-0.25, -0.2) is 32.2 Å². The smallest absolute Gasteiger partial charge is 0.151 e. The van der Waals surface area contributed by atoms with Gasteiger partial charge in [0.25, 0.3) is 0 Å². The highest BCUT2D eigenvalue weighted by molar-refractivity contribution is 9.10. The Balaban J connectivity index is 1.33. The minimum Gasteiger partial charge on any atom is -0.488 e. The van der Waals surface area contributed by atoms with Crippen LogP contribution in [-0.2, 0) is 16.4 Å². The SMILES string of the molecule is CCCS(=O)(=O)CCNC(CC)c1nc(-c2cc3c(Nc4ccc(OCc5cccc(F)c5)c(Br)c4)ncnc3cc2F)cs1. The van der Waals surface area contributed by atoms with Gasteiger partial charge < -0.3 is 15.4 Å². The molecule has 0 amide bonds. The average Bonchev–Trinajstić information content (AvgIpc) is 3.48. The molecule has 0 saturated heterocycles. The van der Waals surface area contributed by atoms with Crippen LogP contribution in [0.25, 0.3) is 22.2 Å². The van der Waals surface area contributed by atoms with Gasteiger partial charge >= 0.3 is 0 Å². The maximum Gasteiger partial charge on any atom is 0.151 e. The van der Waals surface area contributed by atoms with Crippen LogP contribution < -0.4 is 15.4 Å². The number of rotatable bonds is 14. The summed E-state index contributed by atoms with van der Waals surface area (Å²) in [6.07, 6.45) is 2.66. The van der Waals surface area contributed by atoms with Gasteiger partial charge in [-0.2, -0.15) is 0 Å². The van der Waals surface area contributed by atoms with E-state index < -0.39 is 15.7 Å². The lowest BCUT2D eigenvalue weighted by Gasteiger charge is -2.14. The number of halogens is 3. The van der Waals surface area contributed by atoms with Crippen LogP contribution in [0, 0.1) is 11.6 Å². The third-order valence-corrected chi connectivity index (χ3v) is 10.5. The third-order valence-electron chi connectivity index (χ3n) is 7.03. The fourth-order valence-corrected chi connectivity index (χ4v) is 7.50. The van der Waals surface area contributed by atoms with Crippen LogP contribution in [0.1, 0.15) is 43.3 Å². The number of hydrogen-bond acceptors (Lipinski definition) is 9. The number of aromatic nitrogens is 3. The van der Waals surface area contributed by atoms with Crippen LogP contribution in [0.5, 0.6) is 5.75 Å². The molecule has 0 saturated carbocycles. The zero-order chi connectivity index (χ0) is 32.0. The van der Waals surface area contributed by atoms with Crippen LogP contribution in [0.2, 0.25) is 0 Å². The second-order valence-electron chi connectivity index (χ2n) is 10.4. The third kappa shape index (κ3) is 8.40. The molecule has 45 heavy (non-hydrogen) atoms. The molecular weight excluding hydrogens is 684 g/mol. The first kappa shape index (κ1) is 32.9. The molecule has 0 radical (unpaired) electrons. The van der Waals surface area contributed by atoms with E-state index in [2.05, 4.69) is 36.5 Å². The first-order valence-corrected chi connectivity index (χ1v) is 17.9. The molecule has 2 heterocycles. The predicted octanol–water partition coefficient (Wildman–Crippen LogP) is 7.98. The van der Waals surface area contributed by atoms with Gasteiger partial charge in [0.15, 0.2) is 9.84 Å². The van der Waals surface area contributed by atoms with E-state index in [9.17, 15) is 12.8 Å². The topological polar surface area (TPSA) is 106 Å². The van der Waals surface area contributed by atoms with E-state index in [1.807, 2.05) is 26.0 Å². The summed E-state index contributed by atoms with van der Waals surface area (Å²) < 4.78 is 59.6. The molecular formula is C32H32BrF2N5O3S2. The summed E-state index contributed by atoms with van der Waals surface area (Å²) in [6.45, 7) is 4.37. The van der Waals surface area contributed by atoms with Gasteiger partial charge in [-0.05, 0) is 70.7 Å². The summed E-state index contributed by atoms with van der Waals surface area (Å²) in [7, 11) is -3.10. The molecule has 0 aliphatic rings. The molecule has 0 spiro atoms. The number of fused-ring (bicyclic) bond motifs is 1. The van der Waals surface area contributed by atoms with Crippen molar-refractivity contribution in [3.05, 3.63) is 93.0 Å². The standard InChI is InChI=1S/C32H32BrF2N5O3S2/c1-3-11-45(41,42)12-10-36-27(4-2)32-40-29(18-44-32)23-15-24-28(16-26(23)35)37-19-38-31(24)39-22-8-9-30(25(33)14-22)43-17-20-6-5-7-21(34)13-20/h5-9,13-16,18-19,27,36H,3-4,10-12,17H2,1-2H3,(H,37,38,39). The Morgan fingerprint density at radius 1 is 1.04 bits per heavy atom. The second kappa shape index (κ2) is 14.7. The van der Waals surface area contributed by atoms with Gasteiger partial charge in [0.2, 0.25) is 0 Å². The van der Waals surface area contributed by atoms with E-state index in [1.165, 1.54) is 35.9 Å². The van der Waals surface area contributed by atoms with Crippen LogP contribution in [0.4, 0.5) is 20.3 Å². The van der Waals surface area contributed by atoms with Crippen molar-refractivity contribution in [1.82, 2.24) is 20.3 Å². The van der Waals surface area contributed by atoms with Gasteiger partial charge in [-0.1, -0.05) is 26.0 Å². The lowest BCUT2D eigenvalue weighted by atomic mass is 10.1. The Kier molecular flexibility index (Phi) is 10.7. The van der Waals surface area contributed by atoms with E-state index in [1.54, 1.807) is 29.6 Å². The first-order chi connectivity index (χ1) is 21.7. The predicted molar refractivity (Wildman–Crippen MR) is 179 cm³/mol. The number of thiazole rings is 1. The maximum atomic E-state index is 15.3. The normalized spacial score (nSPS) is 12.4. The lowest BCUT2D eigenvalue weighted by Crippen LogP contribution is -2.27. The number of anilines is 2. The van der Waals surface area contributed by atoms with Crippen LogP contribution in [-0.4, -0.2) is 41.4 Å². The number of nitrogens with zero attached hydrogens (tertiary/aromatic N) is 3. The fourth-order valence-electron chi connectivity index (χ4n) is 4.77. The van der Waals surface area contributed by atoms with Crippen LogP contribution >= 0.6 is 27.3 Å². The highest BCUT2D eigenvalue weighted by Crippen LogP contribution is 2.35. The van der Waals surface area contributed by atoms with Gasteiger partial charge in [0, 0.05) is 40.4 Å². The highest BCUT2D eigenvalue weighted by atomic mass is 79.9. The molecule has 3 aromatic carbocycles. The minimum absolute atomic E-state index is 0.0614. The zero-order valence-electron chi connectivity index (χ0n) is 24.7. The van der Waals surface area contributed by atoms with Crippen LogP contribution in [0.15, 0.2) is 70.8 Å². The summed E-state index contributed by atoms with van der Waals surface area (Å²) in [4.78, 5) is 13.4. The van der Waals surface area contributed by atoms with Crippen LogP contribution in [0.3, 0.4) is 0 Å². The molecule has 1 unspecified atom stereocenters. The van der Waals surface area contributed by atoms with Gasteiger partial charge in [0.1, 0.15) is 41.1 Å². The summed E-state index contributed by atoms with van der Waals surface area (Å²) in [6, 6.07) is 14.6. The van der Waals surface area contributed by atoms with Crippen molar-refractivity contribution < 1.29 is 21.9 Å². The molecule has 1 atom stereocenters. The molecule has 13 heteroatoms. The number of hydrogen-bond donors (Lipinski definition) is 2. The summed E-state index contributed by atoms with van der Waals surface area (Å²) in [5, 5.41) is 9.74. The number of sulfone groups is 1. The Labute approximate surface area is 273 Å². The Morgan fingerprint density at radius 3 is 2.64 bits per heavy atom. The average molecular weight is 717 g/mol. The molecule has 0 aliphatic carbocycles. The number of ether oxygens (including phenoxy) is 1. The Bertz CT molecular complexity index is 1910. The zero-order valence-corrected chi connectivity index (χ0v) is 27.9. The summed E-state index contributed by atoms with van der Waals surface area (Å²) in [5.74, 6) is 0.523. The molecule has 0 aliphatic heterocycles. The van der Waals surface area contributed by atoms with E-state index >= 15 is 4.39 Å². The fraction of sp³-hybridized carbons (Fsp3) is 0.281. The molecule has 8 nitrogen and oxygen atoms in total. The molecule has 5 rings (SSSR count). The largest absolute Gasteiger partial charge is 0.488 e. The lowest BCUT2D eigenvalue weighted by molar-refractivity contribution is 0.303. The maximum absolute atomic E-state index is 15.3. The van der Waals surface area contributed by atoms with Crippen molar-refractivity contribution in [3.63, 3.8) is 0 Å². The van der Waals surface area contributed by atoms with Crippen molar-refractivity contribution >= 4 is 59.5 Å². The second-order valence-corrected chi connectivity index (χ2v) is 14.4. The summed E-state index contributed by atoms with van der Waals surface area (Å²) >= 11 is 4.94. The van der Waals surface area contributed by atoms with Crippen molar-refractivity contribution in [3.8, 4) is 17.0 Å². The molecule has 5 aromatic rings. The quantitative estimate of drug-likeness (QED) is 0.119. The molecule has 0 fully saturated rings.